The van der Waals surface area contributed by atoms with Crippen LogP contribution in [0.1, 0.15) is 37.0 Å². The summed E-state index contributed by atoms with van der Waals surface area (Å²) in [5.41, 5.74) is 0.558. The van der Waals surface area contributed by atoms with E-state index in [1.165, 1.54) is 24.3 Å². The molecule has 20 heavy (non-hydrogen) atoms. The van der Waals surface area contributed by atoms with Crippen molar-refractivity contribution >= 4 is 11.5 Å². The van der Waals surface area contributed by atoms with Gasteiger partial charge in [0.1, 0.15) is 0 Å². The highest BCUT2D eigenvalue weighted by atomic mass is 16.6. The minimum Gasteiger partial charge on any atom is -0.293 e. The molecule has 2 atom stereocenters. The molecule has 0 N–H and O–H groups in total. The van der Waals surface area contributed by atoms with Gasteiger partial charge in [0, 0.05) is 23.7 Å². The second-order valence-corrected chi connectivity index (χ2v) is 5.68. The van der Waals surface area contributed by atoms with E-state index in [2.05, 4.69) is 18.7 Å². The Morgan fingerprint density at radius 3 is 2.55 bits per heavy atom. The van der Waals surface area contributed by atoms with Gasteiger partial charge in [-0.15, -0.1) is 0 Å². The fraction of sp³-hybridized carbons (Fsp3) is 0.533. The molecule has 1 aromatic carbocycles. The molecule has 1 aliphatic rings. The third-order valence-corrected chi connectivity index (χ3v) is 4.02. The quantitative estimate of drug-likeness (QED) is 0.482. The predicted octanol–water partition coefficient (Wildman–Crippen LogP) is 2.90. The summed E-state index contributed by atoms with van der Waals surface area (Å²) in [6, 6.07) is 6.26. The topological polar surface area (TPSA) is 63.5 Å². The SMILES string of the molecule is CC1CCN(CC(=O)c2ccc([N+](=O)[O-])cc2)C(C)C1. The van der Waals surface area contributed by atoms with E-state index in [9.17, 15) is 14.9 Å². The van der Waals surface area contributed by atoms with Gasteiger partial charge in [0.15, 0.2) is 5.78 Å². The zero-order valence-corrected chi connectivity index (χ0v) is 11.9. The maximum atomic E-state index is 12.2. The molecule has 0 aromatic heterocycles. The first-order valence-electron chi connectivity index (χ1n) is 6.99. The van der Waals surface area contributed by atoms with Crippen LogP contribution in [-0.2, 0) is 0 Å². The smallest absolute Gasteiger partial charge is 0.269 e. The van der Waals surface area contributed by atoms with Crippen molar-refractivity contribution in [2.45, 2.75) is 32.7 Å². The molecule has 1 aliphatic heterocycles. The summed E-state index contributed by atoms with van der Waals surface area (Å²) in [5, 5.41) is 10.6. The molecule has 5 heteroatoms. The van der Waals surface area contributed by atoms with E-state index < -0.39 is 4.92 Å². The van der Waals surface area contributed by atoms with Crippen molar-refractivity contribution in [2.24, 2.45) is 5.92 Å². The number of carbonyl (C=O) groups is 1. The van der Waals surface area contributed by atoms with Gasteiger partial charge in [-0.2, -0.15) is 0 Å². The van der Waals surface area contributed by atoms with Gasteiger partial charge in [0.05, 0.1) is 11.5 Å². The standard InChI is InChI=1S/C15H20N2O3/c1-11-7-8-16(12(2)9-11)10-15(18)13-3-5-14(6-4-13)17(19)20/h3-6,11-12H,7-10H2,1-2H3. The monoisotopic (exact) mass is 276 g/mol. The molecule has 108 valence electrons. The first kappa shape index (κ1) is 14.7. The molecular weight excluding hydrogens is 256 g/mol. The Morgan fingerprint density at radius 1 is 1.35 bits per heavy atom. The Bertz CT molecular complexity index is 498. The van der Waals surface area contributed by atoms with E-state index in [4.69, 9.17) is 0 Å². The number of piperidine rings is 1. The summed E-state index contributed by atoms with van der Waals surface area (Å²) >= 11 is 0. The summed E-state index contributed by atoms with van der Waals surface area (Å²) in [7, 11) is 0. The Balaban J connectivity index is 1.99. The second-order valence-electron chi connectivity index (χ2n) is 5.68. The van der Waals surface area contributed by atoms with Crippen molar-refractivity contribution in [2.75, 3.05) is 13.1 Å². The number of non-ortho nitro benzene ring substituents is 1. The molecule has 2 unspecified atom stereocenters. The lowest BCUT2D eigenvalue weighted by Crippen LogP contribution is -2.43. The Labute approximate surface area is 118 Å². The lowest BCUT2D eigenvalue weighted by atomic mass is 9.93. The van der Waals surface area contributed by atoms with Crippen LogP contribution in [0.5, 0.6) is 0 Å². The number of ketones is 1. The van der Waals surface area contributed by atoms with Gasteiger partial charge in [0.2, 0.25) is 0 Å². The maximum absolute atomic E-state index is 12.2. The number of nitrogens with zero attached hydrogens (tertiary/aromatic N) is 2. The van der Waals surface area contributed by atoms with Gasteiger partial charge in [-0.25, -0.2) is 0 Å². The fourth-order valence-corrected chi connectivity index (χ4v) is 2.74. The van der Waals surface area contributed by atoms with Crippen molar-refractivity contribution in [3.05, 3.63) is 39.9 Å². The van der Waals surface area contributed by atoms with Crippen molar-refractivity contribution in [3.8, 4) is 0 Å². The number of hydrogen-bond donors (Lipinski definition) is 0. The van der Waals surface area contributed by atoms with Gasteiger partial charge in [-0.1, -0.05) is 6.92 Å². The van der Waals surface area contributed by atoms with E-state index in [1.807, 2.05) is 0 Å². The highest BCUT2D eigenvalue weighted by Crippen LogP contribution is 2.22. The van der Waals surface area contributed by atoms with Gasteiger partial charge in [0.25, 0.3) is 5.69 Å². The largest absolute Gasteiger partial charge is 0.293 e. The van der Waals surface area contributed by atoms with Crippen LogP contribution in [0.2, 0.25) is 0 Å². The Morgan fingerprint density at radius 2 is 2.00 bits per heavy atom. The molecule has 0 aliphatic carbocycles. The van der Waals surface area contributed by atoms with Crippen LogP contribution < -0.4 is 0 Å². The van der Waals surface area contributed by atoms with Gasteiger partial charge >= 0.3 is 0 Å². The van der Waals surface area contributed by atoms with Crippen LogP contribution in [-0.4, -0.2) is 34.7 Å². The zero-order valence-electron chi connectivity index (χ0n) is 11.9. The van der Waals surface area contributed by atoms with Crippen LogP contribution in [0.25, 0.3) is 0 Å². The minimum atomic E-state index is -0.456. The summed E-state index contributed by atoms with van der Waals surface area (Å²) in [6.07, 6.45) is 2.24. The van der Waals surface area contributed by atoms with Gasteiger partial charge in [-0.3, -0.25) is 19.8 Å². The molecule has 0 amide bonds. The molecule has 0 bridgehead atoms. The number of carbonyl (C=O) groups excluding carboxylic acids is 1. The third-order valence-electron chi connectivity index (χ3n) is 4.02. The number of likely N-dealkylation sites (tertiary alicyclic amines) is 1. The molecule has 5 nitrogen and oxygen atoms in total. The normalized spacial score (nSPS) is 23.5. The average molecular weight is 276 g/mol. The molecule has 0 spiro atoms. The summed E-state index contributed by atoms with van der Waals surface area (Å²) in [4.78, 5) is 24.5. The van der Waals surface area contributed by atoms with Gasteiger partial charge < -0.3 is 0 Å². The van der Waals surface area contributed by atoms with Crippen molar-refractivity contribution < 1.29 is 9.72 Å². The second kappa shape index (κ2) is 6.13. The van der Waals surface area contributed by atoms with Crippen LogP contribution >= 0.6 is 0 Å². The van der Waals surface area contributed by atoms with E-state index in [0.29, 0.717) is 18.2 Å². The van der Waals surface area contributed by atoms with Crippen molar-refractivity contribution in [3.63, 3.8) is 0 Å². The third kappa shape index (κ3) is 3.42. The van der Waals surface area contributed by atoms with E-state index in [-0.39, 0.29) is 11.5 Å². The first-order chi connectivity index (χ1) is 9.47. The molecule has 0 radical (unpaired) electrons. The molecule has 1 heterocycles. The van der Waals surface area contributed by atoms with E-state index >= 15 is 0 Å². The van der Waals surface area contributed by atoms with Crippen LogP contribution in [0.3, 0.4) is 0 Å². The zero-order chi connectivity index (χ0) is 14.7. The lowest BCUT2D eigenvalue weighted by Gasteiger charge is -2.35. The lowest BCUT2D eigenvalue weighted by molar-refractivity contribution is -0.384. The van der Waals surface area contributed by atoms with Crippen molar-refractivity contribution in [1.82, 2.24) is 4.90 Å². The number of nitro groups is 1. The minimum absolute atomic E-state index is 0.0155. The number of nitro benzene ring substituents is 1. The predicted molar refractivity (Wildman–Crippen MR) is 76.9 cm³/mol. The summed E-state index contributed by atoms with van der Waals surface area (Å²) in [6.45, 7) is 5.73. The summed E-state index contributed by atoms with van der Waals surface area (Å²) in [5.74, 6) is 0.747. The molecule has 2 rings (SSSR count). The number of benzene rings is 1. The number of Topliss-reactive ketones (excluding diaryl/α,β-unsaturated/α-hetero) is 1. The fourth-order valence-electron chi connectivity index (χ4n) is 2.74. The van der Waals surface area contributed by atoms with Crippen molar-refractivity contribution in [1.29, 1.82) is 0 Å². The molecule has 0 saturated carbocycles. The molecule has 1 saturated heterocycles. The average Bonchev–Trinajstić information content (AvgIpc) is 2.42. The maximum Gasteiger partial charge on any atom is 0.269 e. The van der Waals surface area contributed by atoms with Gasteiger partial charge in [-0.05, 0) is 44.4 Å². The van der Waals surface area contributed by atoms with Crippen LogP contribution in [0, 0.1) is 16.0 Å². The van der Waals surface area contributed by atoms with E-state index in [0.717, 1.165) is 25.3 Å². The number of hydrogen-bond acceptors (Lipinski definition) is 4. The number of rotatable bonds is 4. The Hall–Kier alpha value is -1.75. The highest BCUT2D eigenvalue weighted by molar-refractivity contribution is 5.97. The van der Waals surface area contributed by atoms with Crippen LogP contribution in [0.4, 0.5) is 5.69 Å². The highest BCUT2D eigenvalue weighted by Gasteiger charge is 2.24. The van der Waals surface area contributed by atoms with Crippen LogP contribution in [0.15, 0.2) is 24.3 Å². The molecule has 1 fully saturated rings. The van der Waals surface area contributed by atoms with E-state index in [1.54, 1.807) is 0 Å². The Kier molecular flexibility index (Phi) is 4.49. The summed E-state index contributed by atoms with van der Waals surface area (Å²) < 4.78 is 0. The molecular formula is C15H20N2O3. The first-order valence-corrected chi connectivity index (χ1v) is 6.99. The molecule has 1 aromatic rings.